The van der Waals surface area contributed by atoms with Crippen LogP contribution in [0.1, 0.15) is 32.4 Å². The number of thiol groups is 1. The summed E-state index contributed by atoms with van der Waals surface area (Å²) in [6.07, 6.45) is 2.66. The molecule has 0 spiro atoms. The van der Waals surface area contributed by atoms with Gasteiger partial charge in [0.05, 0.1) is 23.5 Å². The van der Waals surface area contributed by atoms with E-state index in [1.165, 1.54) is 5.56 Å². The van der Waals surface area contributed by atoms with Crippen molar-refractivity contribution in [3.05, 3.63) is 36.0 Å². The van der Waals surface area contributed by atoms with Crippen LogP contribution >= 0.6 is 12.6 Å². The molecule has 3 aromatic rings. The molecule has 114 valence electrons. The minimum atomic E-state index is 0.167. The summed E-state index contributed by atoms with van der Waals surface area (Å²) in [6.45, 7) is 6.14. The Hall–Kier alpha value is -2.15. The van der Waals surface area contributed by atoms with Crippen LogP contribution < -0.4 is 0 Å². The summed E-state index contributed by atoms with van der Waals surface area (Å²) in [5.41, 5.74) is 3.02. The van der Waals surface area contributed by atoms with Gasteiger partial charge >= 0.3 is 0 Å². The topological polar surface area (TPSA) is 61.4 Å². The number of tetrazole rings is 1. The minimum absolute atomic E-state index is 0.167. The summed E-state index contributed by atoms with van der Waals surface area (Å²) >= 11 is 4.62. The summed E-state index contributed by atoms with van der Waals surface area (Å²) < 4.78 is 1.81. The Kier molecular flexibility index (Phi) is 3.98. The number of hydrogen-bond donors (Lipinski definition) is 1. The third-order valence-corrected chi connectivity index (χ3v) is 3.91. The van der Waals surface area contributed by atoms with Crippen molar-refractivity contribution in [3.63, 3.8) is 0 Å². The summed E-state index contributed by atoms with van der Waals surface area (Å²) in [5.74, 6) is 0.541. The highest BCUT2D eigenvalue weighted by Crippen LogP contribution is 2.27. The molecule has 0 fully saturated rings. The highest BCUT2D eigenvalue weighted by atomic mass is 32.1. The number of para-hydroxylation sites is 1. The van der Waals surface area contributed by atoms with Crippen molar-refractivity contribution in [3.8, 4) is 17.1 Å². The summed E-state index contributed by atoms with van der Waals surface area (Å²) in [4.78, 5) is 1.58. The lowest BCUT2D eigenvalue weighted by Gasteiger charge is -2.09. The molecule has 22 heavy (non-hydrogen) atoms. The predicted octanol–water partition coefficient (Wildman–Crippen LogP) is 2.96. The van der Waals surface area contributed by atoms with E-state index in [1.807, 2.05) is 36.7 Å². The van der Waals surface area contributed by atoms with Gasteiger partial charge in [-0.1, -0.05) is 25.1 Å². The molecule has 0 atom stereocenters. The standard InChI is InChI=1S/C15H18N6S/c1-4-11-7-5-6-8-13(11)20-15(22)12(9-16-20)14-17-19-21(18-14)10(2)3/h5-10,22H,4H2,1-3H3. The van der Waals surface area contributed by atoms with Crippen LogP contribution in [0.4, 0.5) is 0 Å². The van der Waals surface area contributed by atoms with Crippen LogP contribution in [0.25, 0.3) is 17.1 Å². The second kappa shape index (κ2) is 5.92. The van der Waals surface area contributed by atoms with Crippen LogP contribution in [-0.2, 0) is 6.42 Å². The van der Waals surface area contributed by atoms with Gasteiger partial charge in [0.1, 0.15) is 5.03 Å². The summed E-state index contributed by atoms with van der Waals surface area (Å²) in [5, 5.41) is 17.7. The first-order chi connectivity index (χ1) is 10.6. The molecule has 0 aliphatic heterocycles. The Bertz CT molecular complexity index is 789. The van der Waals surface area contributed by atoms with Gasteiger partial charge in [0, 0.05) is 0 Å². The van der Waals surface area contributed by atoms with Crippen molar-refractivity contribution in [1.29, 1.82) is 0 Å². The lowest BCUT2D eigenvalue weighted by Crippen LogP contribution is -2.04. The zero-order valence-corrected chi connectivity index (χ0v) is 13.7. The number of aromatic nitrogens is 6. The predicted molar refractivity (Wildman–Crippen MR) is 87.4 cm³/mol. The molecule has 0 radical (unpaired) electrons. The molecule has 7 heteroatoms. The SMILES string of the molecule is CCc1ccccc1-n1ncc(-c2nnn(C(C)C)n2)c1S. The Labute approximate surface area is 134 Å². The molecule has 6 nitrogen and oxygen atoms in total. The van der Waals surface area contributed by atoms with Crippen molar-refractivity contribution in [2.24, 2.45) is 0 Å². The highest BCUT2D eigenvalue weighted by Gasteiger charge is 2.17. The van der Waals surface area contributed by atoms with E-state index < -0.39 is 0 Å². The number of hydrogen-bond acceptors (Lipinski definition) is 5. The van der Waals surface area contributed by atoms with E-state index in [-0.39, 0.29) is 6.04 Å². The van der Waals surface area contributed by atoms with E-state index in [2.05, 4.69) is 46.1 Å². The van der Waals surface area contributed by atoms with Crippen LogP contribution in [0.5, 0.6) is 0 Å². The van der Waals surface area contributed by atoms with Crippen molar-refractivity contribution in [1.82, 2.24) is 30.0 Å². The average Bonchev–Trinajstić information content (AvgIpc) is 3.14. The fourth-order valence-electron chi connectivity index (χ4n) is 2.24. The summed E-state index contributed by atoms with van der Waals surface area (Å²) in [6, 6.07) is 8.32. The molecule has 0 unspecified atom stereocenters. The van der Waals surface area contributed by atoms with E-state index in [4.69, 9.17) is 0 Å². The highest BCUT2D eigenvalue weighted by molar-refractivity contribution is 7.80. The van der Waals surface area contributed by atoms with E-state index >= 15 is 0 Å². The van der Waals surface area contributed by atoms with Gasteiger partial charge in [0.2, 0.25) is 5.82 Å². The third kappa shape index (κ3) is 2.52. The molecule has 1 aromatic carbocycles. The zero-order chi connectivity index (χ0) is 15.7. The second-order valence-electron chi connectivity index (χ2n) is 5.30. The number of rotatable bonds is 4. The van der Waals surface area contributed by atoms with Crippen molar-refractivity contribution in [2.75, 3.05) is 0 Å². The molecular formula is C15H18N6S. The molecule has 2 aromatic heterocycles. The Morgan fingerprint density at radius 3 is 2.68 bits per heavy atom. The van der Waals surface area contributed by atoms with E-state index in [0.29, 0.717) is 10.9 Å². The second-order valence-corrected chi connectivity index (χ2v) is 5.73. The fraction of sp³-hybridized carbons (Fsp3) is 0.333. The fourth-order valence-corrected chi connectivity index (χ4v) is 2.56. The summed E-state index contributed by atoms with van der Waals surface area (Å²) in [7, 11) is 0. The van der Waals surface area contributed by atoms with Crippen molar-refractivity contribution < 1.29 is 0 Å². The maximum absolute atomic E-state index is 4.62. The molecule has 0 saturated carbocycles. The molecule has 0 aliphatic carbocycles. The molecule has 0 amide bonds. The average molecular weight is 314 g/mol. The van der Waals surface area contributed by atoms with Crippen molar-refractivity contribution >= 4 is 12.6 Å². The lowest BCUT2D eigenvalue weighted by atomic mass is 10.1. The maximum atomic E-state index is 4.62. The van der Waals surface area contributed by atoms with E-state index in [9.17, 15) is 0 Å². The van der Waals surface area contributed by atoms with Crippen LogP contribution in [-0.4, -0.2) is 30.0 Å². The normalized spacial score (nSPS) is 11.3. The van der Waals surface area contributed by atoms with Gasteiger partial charge < -0.3 is 0 Å². The zero-order valence-electron chi connectivity index (χ0n) is 12.8. The van der Waals surface area contributed by atoms with Crippen molar-refractivity contribution in [2.45, 2.75) is 38.3 Å². The monoisotopic (exact) mass is 314 g/mol. The number of benzene rings is 1. The first-order valence-corrected chi connectivity index (χ1v) is 7.71. The van der Waals surface area contributed by atoms with E-state index in [1.54, 1.807) is 11.0 Å². The molecule has 2 heterocycles. The molecule has 0 bridgehead atoms. The number of aryl methyl sites for hydroxylation is 1. The lowest BCUT2D eigenvalue weighted by molar-refractivity contribution is 0.455. The third-order valence-electron chi connectivity index (χ3n) is 3.48. The Morgan fingerprint density at radius 2 is 2.00 bits per heavy atom. The Morgan fingerprint density at radius 1 is 1.23 bits per heavy atom. The van der Waals surface area contributed by atoms with Crippen LogP contribution in [0.2, 0.25) is 0 Å². The van der Waals surface area contributed by atoms with Gasteiger partial charge in [-0.2, -0.15) is 9.90 Å². The molecular weight excluding hydrogens is 296 g/mol. The number of nitrogens with zero attached hydrogens (tertiary/aromatic N) is 6. The molecule has 0 saturated heterocycles. The maximum Gasteiger partial charge on any atom is 0.209 e. The van der Waals surface area contributed by atoms with Gasteiger partial charge in [-0.15, -0.1) is 22.8 Å². The smallest absolute Gasteiger partial charge is 0.209 e. The van der Waals surface area contributed by atoms with E-state index in [0.717, 1.165) is 17.7 Å². The largest absolute Gasteiger partial charge is 0.226 e. The van der Waals surface area contributed by atoms with Gasteiger partial charge in [0.25, 0.3) is 0 Å². The molecule has 0 N–H and O–H groups in total. The molecule has 3 rings (SSSR count). The van der Waals surface area contributed by atoms with Crippen LogP contribution in [0, 0.1) is 0 Å². The Balaban J connectivity index is 2.05. The van der Waals surface area contributed by atoms with Gasteiger partial charge in [-0.25, -0.2) is 4.68 Å². The van der Waals surface area contributed by atoms with Gasteiger partial charge in [-0.3, -0.25) is 0 Å². The van der Waals surface area contributed by atoms with Gasteiger partial charge in [-0.05, 0) is 37.1 Å². The molecule has 0 aliphatic rings. The van der Waals surface area contributed by atoms with Gasteiger partial charge in [0.15, 0.2) is 0 Å². The van der Waals surface area contributed by atoms with Crippen LogP contribution in [0.15, 0.2) is 35.5 Å². The van der Waals surface area contributed by atoms with Crippen LogP contribution in [0.3, 0.4) is 0 Å². The first-order valence-electron chi connectivity index (χ1n) is 7.27. The quantitative estimate of drug-likeness (QED) is 0.752. The first kappa shape index (κ1) is 14.8. The minimum Gasteiger partial charge on any atom is -0.226 e.